The highest BCUT2D eigenvalue weighted by atomic mass is 32.2. The maximum Gasteiger partial charge on any atom is 0.410 e. The van der Waals surface area contributed by atoms with Crippen molar-refractivity contribution in [2.75, 3.05) is 17.0 Å². The summed E-state index contributed by atoms with van der Waals surface area (Å²) in [4.78, 5) is 15.1. The summed E-state index contributed by atoms with van der Waals surface area (Å²) >= 11 is 0. The van der Waals surface area contributed by atoms with Crippen LogP contribution in [0.5, 0.6) is 5.75 Å². The van der Waals surface area contributed by atoms with Crippen molar-refractivity contribution in [3.05, 3.63) is 59.7 Å². The van der Waals surface area contributed by atoms with Crippen LogP contribution in [-0.2, 0) is 21.2 Å². The van der Waals surface area contributed by atoms with Crippen molar-refractivity contribution in [2.45, 2.75) is 71.3 Å². The molecule has 0 bridgehead atoms. The first kappa shape index (κ1) is 26.8. The van der Waals surface area contributed by atoms with Gasteiger partial charge in [-0.15, -0.1) is 0 Å². The summed E-state index contributed by atoms with van der Waals surface area (Å²) in [6.07, 6.45) is -2.00. The van der Waals surface area contributed by atoms with E-state index in [-0.39, 0.29) is 5.75 Å². The van der Waals surface area contributed by atoms with Crippen molar-refractivity contribution in [2.24, 2.45) is 0 Å². The fourth-order valence-corrected chi connectivity index (χ4v) is 4.57. The number of ether oxygens (including phenoxy) is 2. The van der Waals surface area contributed by atoms with Gasteiger partial charge in [0.05, 0.1) is 11.4 Å². The number of benzene rings is 2. The van der Waals surface area contributed by atoms with Gasteiger partial charge in [0.15, 0.2) is 6.10 Å². The molecule has 0 fully saturated rings. The fourth-order valence-electron chi connectivity index (χ4n) is 3.94. The lowest BCUT2D eigenvalue weighted by atomic mass is 9.88. The van der Waals surface area contributed by atoms with Gasteiger partial charge in [-0.25, -0.2) is 13.2 Å². The number of rotatable bonds is 7. The third-order valence-electron chi connectivity index (χ3n) is 6.07. The van der Waals surface area contributed by atoms with Gasteiger partial charge >= 0.3 is 6.09 Å². The summed E-state index contributed by atoms with van der Waals surface area (Å²) in [5, 5.41) is 11.0. The predicted octanol–water partition coefficient (Wildman–Crippen LogP) is 4.50. The molecule has 0 unspecified atom stereocenters. The topological polar surface area (TPSA) is 105 Å². The molecule has 0 saturated heterocycles. The zero-order chi connectivity index (χ0) is 26.0. The zero-order valence-electron chi connectivity index (χ0n) is 21.2. The van der Waals surface area contributed by atoms with Gasteiger partial charge in [-0.2, -0.15) is 0 Å². The summed E-state index contributed by atoms with van der Waals surface area (Å²) in [7, 11) is -3.47. The van der Waals surface area contributed by atoms with Crippen LogP contribution in [0.15, 0.2) is 48.5 Å². The van der Waals surface area contributed by atoms with Crippen LogP contribution >= 0.6 is 0 Å². The quantitative estimate of drug-likeness (QED) is 0.575. The number of carbonyl (C=O) groups excluding carboxylic acids is 1. The Labute approximate surface area is 208 Å². The Kier molecular flexibility index (Phi) is 7.71. The molecule has 35 heavy (non-hydrogen) atoms. The van der Waals surface area contributed by atoms with E-state index < -0.39 is 39.5 Å². The fraction of sp³-hybridized carbons (Fsp3) is 0.500. The van der Waals surface area contributed by atoms with Gasteiger partial charge in [0.25, 0.3) is 0 Å². The molecule has 8 nitrogen and oxygen atoms in total. The Hall–Kier alpha value is -2.78. The number of anilines is 1. The first-order valence-corrected chi connectivity index (χ1v) is 13.4. The van der Waals surface area contributed by atoms with Crippen LogP contribution in [-0.4, -0.2) is 54.1 Å². The van der Waals surface area contributed by atoms with E-state index in [2.05, 4.69) is 4.72 Å². The summed E-state index contributed by atoms with van der Waals surface area (Å²) in [6, 6.07) is 14.6. The van der Waals surface area contributed by atoms with Gasteiger partial charge in [-0.1, -0.05) is 30.3 Å². The lowest BCUT2D eigenvalue weighted by molar-refractivity contribution is -0.119. The van der Waals surface area contributed by atoms with Gasteiger partial charge < -0.3 is 19.5 Å². The molecule has 1 aliphatic rings. The summed E-state index contributed by atoms with van der Waals surface area (Å²) in [5.41, 5.74) is 0.331. The molecule has 2 aromatic carbocycles. The lowest BCUT2D eigenvalue weighted by Crippen LogP contribution is -2.52. The molecule has 1 heterocycles. The third-order valence-corrected chi connectivity index (χ3v) is 7.38. The predicted molar refractivity (Wildman–Crippen MR) is 136 cm³/mol. The van der Waals surface area contributed by atoms with E-state index >= 15 is 0 Å². The molecule has 0 aliphatic carbocycles. The minimum atomic E-state index is -3.47. The van der Waals surface area contributed by atoms with Crippen molar-refractivity contribution in [1.29, 1.82) is 0 Å². The molecule has 3 rings (SSSR count). The van der Waals surface area contributed by atoms with E-state index in [1.807, 2.05) is 51.1 Å². The molecular formula is C26H36N2O6S. The number of hydrogen-bond acceptors (Lipinski definition) is 6. The number of sulfonamides is 1. The molecular weight excluding hydrogens is 468 g/mol. The smallest absolute Gasteiger partial charge is 0.410 e. The molecule has 2 aromatic rings. The molecule has 0 radical (unpaired) electrons. The highest BCUT2D eigenvalue weighted by Gasteiger charge is 2.46. The van der Waals surface area contributed by atoms with Crippen molar-refractivity contribution >= 4 is 21.8 Å². The van der Waals surface area contributed by atoms with E-state index in [1.54, 1.807) is 43.9 Å². The lowest BCUT2D eigenvalue weighted by Gasteiger charge is -2.43. The average Bonchev–Trinajstić information content (AvgIpc) is 2.76. The van der Waals surface area contributed by atoms with Crippen LogP contribution in [0.25, 0.3) is 0 Å². The molecule has 1 aliphatic heterocycles. The SMILES string of the molecule is CCS(=O)(=O)Nc1ccc2c(c1)OC(C)(C)[C@H](O)[C@H]2OC(=O)N(CCc1ccccc1)C(C)(C)C. The standard InChI is InChI=1S/C26H36N2O6S/c1-7-35(31,32)27-19-13-14-20-21(17-19)34-26(5,6)23(29)22(20)33-24(30)28(25(2,3)4)16-15-18-11-9-8-10-12-18/h8-14,17,22-23,27,29H,7,15-16H2,1-6H3/t22-,23+/m0/s1. The van der Waals surface area contributed by atoms with Crippen LogP contribution in [0.2, 0.25) is 0 Å². The van der Waals surface area contributed by atoms with Gasteiger partial charge in [-0.05, 0) is 65.7 Å². The van der Waals surface area contributed by atoms with Crippen LogP contribution in [0.3, 0.4) is 0 Å². The largest absolute Gasteiger partial charge is 0.484 e. The van der Waals surface area contributed by atoms with Crippen LogP contribution in [0, 0.1) is 0 Å². The molecule has 0 spiro atoms. The van der Waals surface area contributed by atoms with E-state index in [1.165, 1.54) is 0 Å². The number of aliphatic hydroxyl groups is 1. The summed E-state index contributed by atoms with van der Waals surface area (Å²) in [6.45, 7) is 11.2. The number of nitrogens with one attached hydrogen (secondary N) is 1. The molecule has 2 atom stereocenters. The highest BCUT2D eigenvalue weighted by molar-refractivity contribution is 7.92. The van der Waals surface area contributed by atoms with E-state index in [0.717, 1.165) is 5.56 Å². The van der Waals surface area contributed by atoms with Crippen LogP contribution in [0.4, 0.5) is 10.5 Å². The Morgan fingerprint density at radius 3 is 2.43 bits per heavy atom. The number of aliphatic hydroxyl groups excluding tert-OH is 1. The average molecular weight is 505 g/mol. The first-order chi connectivity index (χ1) is 16.2. The monoisotopic (exact) mass is 504 g/mol. The van der Waals surface area contributed by atoms with Crippen molar-refractivity contribution in [3.8, 4) is 5.75 Å². The molecule has 0 aromatic heterocycles. The number of carbonyl (C=O) groups is 1. The number of fused-ring (bicyclic) bond motifs is 1. The molecule has 1 amide bonds. The second kappa shape index (κ2) is 10.1. The molecule has 192 valence electrons. The first-order valence-electron chi connectivity index (χ1n) is 11.8. The van der Waals surface area contributed by atoms with Crippen molar-refractivity contribution in [1.82, 2.24) is 4.90 Å². The van der Waals surface area contributed by atoms with Gasteiger partial charge in [-0.3, -0.25) is 4.72 Å². The summed E-state index contributed by atoms with van der Waals surface area (Å²) in [5.74, 6) is 0.280. The van der Waals surface area contributed by atoms with Gasteiger partial charge in [0.1, 0.15) is 17.5 Å². The minimum absolute atomic E-state index is 0.0684. The van der Waals surface area contributed by atoms with E-state index in [4.69, 9.17) is 9.47 Å². The van der Waals surface area contributed by atoms with E-state index in [9.17, 15) is 18.3 Å². The normalized spacial score (nSPS) is 19.3. The van der Waals surface area contributed by atoms with Crippen molar-refractivity contribution in [3.63, 3.8) is 0 Å². The maximum atomic E-state index is 13.4. The van der Waals surface area contributed by atoms with Gasteiger partial charge in [0.2, 0.25) is 10.0 Å². The number of amides is 1. The molecule has 2 N–H and O–H groups in total. The number of nitrogens with zero attached hydrogens (tertiary/aromatic N) is 1. The second-order valence-electron chi connectivity index (χ2n) is 10.3. The maximum absolute atomic E-state index is 13.4. The minimum Gasteiger partial charge on any atom is -0.484 e. The van der Waals surface area contributed by atoms with E-state index in [0.29, 0.717) is 30.0 Å². The molecule has 0 saturated carbocycles. The number of hydrogen-bond donors (Lipinski definition) is 2. The van der Waals surface area contributed by atoms with Crippen molar-refractivity contribution < 1.29 is 27.8 Å². The Bertz CT molecular complexity index is 1140. The van der Waals surface area contributed by atoms with Crippen LogP contribution in [0.1, 0.15) is 58.8 Å². The Morgan fingerprint density at radius 2 is 1.83 bits per heavy atom. The van der Waals surface area contributed by atoms with Crippen LogP contribution < -0.4 is 9.46 Å². The third kappa shape index (κ3) is 6.46. The Morgan fingerprint density at radius 1 is 1.17 bits per heavy atom. The second-order valence-corrected chi connectivity index (χ2v) is 12.3. The Balaban J connectivity index is 1.87. The van der Waals surface area contributed by atoms with Gasteiger partial charge in [0, 0.05) is 23.7 Å². The molecule has 9 heteroatoms. The summed E-state index contributed by atoms with van der Waals surface area (Å²) < 4.78 is 38.4. The highest BCUT2D eigenvalue weighted by Crippen LogP contribution is 2.43. The zero-order valence-corrected chi connectivity index (χ0v) is 22.1.